The smallest absolute Gasteiger partial charge is 0.313 e. The fraction of sp³-hybridized carbons (Fsp3) is 0.0625. The first-order chi connectivity index (χ1) is 13.2. The Kier molecular flexibility index (Phi) is 5.10. The molecule has 0 fully saturated rings. The van der Waals surface area contributed by atoms with E-state index in [9.17, 15) is 4.79 Å². The first-order valence-electron chi connectivity index (χ1n) is 7.66. The standard InChI is InChI=1S/C16H11ClN6O2S2/c17-12-2-1-11(27-12)15-19-10(8-26-15)7-13(24)21-22-16-20-14(23-25-16)9-3-5-18-6-4-9/h1-6,8H,7H2,(H,21,24)(H,20,22,23). The summed E-state index contributed by atoms with van der Waals surface area (Å²) in [5.74, 6) is 0.118. The molecule has 0 aliphatic rings. The van der Waals surface area contributed by atoms with E-state index in [0.717, 1.165) is 15.4 Å². The van der Waals surface area contributed by atoms with Crippen LogP contribution in [0, 0.1) is 0 Å². The number of amides is 1. The Morgan fingerprint density at radius 2 is 2.04 bits per heavy atom. The molecule has 4 heterocycles. The van der Waals surface area contributed by atoms with E-state index >= 15 is 0 Å². The Balaban J connectivity index is 1.33. The first-order valence-corrected chi connectivity index (χ1v) is 9.74. The third kappa shape index (κ3) is 4.30. The number of thiophene rings is 1. The van der Waals surface area contributed by atoms with Gasteiger partial charge in [-0.25, -0.2) is 10.4 Å². The monoisotopic (exact) mass is 418 g/mol. The molecule has 0 saturated carbocycles. The molecule has 4 rings (SSSR count). The van der Waals surface area contributed by atoms with Gasteiger partial charge in [0.2, 0.25) is 11.7 Å². The normalized spacial score (nSPS) is 10.7. The van der Waals surface area contributed by atoms with Gasteiger partial charge in [0.25, 0.3) is 0 Å². The van der Waals surface area contributed by atoms with Gasteiger partial charge in [0.1, 0.15) is 5.01 Å². The number of nitrogens with zero attached hydrogens (tertiary/aromatic N) is 4. The lowest BCUT2D eigenvalue weighted by Gasteiger charge is -2.02. The van der Waals surface area contributed by atoms with Crippen LogP contribution in [-0.4, -0.2) is 26.0 Å². The molecule has 0 bridgehead atoms. The minimum Gasteiger partial charge on any atom is -0.313 e. The van der Waals surface area contributed by atoms with Gasteiger partial charge in [-0.05, 0) is 24.3 Å². The lowest BCUT2D eigenvalue weighted by atomic mass is 10.3. The lowest BCUT2D eigenvalue weighted by Crippen LogP contribution is -2.30. The zero-order valence-corrected chi connectivity index (χ0v) is 15.9. The Morgan fingerprint density at radius 1 is 1.19 bits per heavy atom. The number of aromatic nitrogens is 4. The SMILES string of the molecule is O=C(Cc1csc(-c2ccc(Cl)s2)n1)NNc1nc(-c2ccncc2)no1. The van der Waals surface area contributed by atoms with E-state index in [2.05, 4.69) is 31.0 Å². The number of pyridine rings is 1. The van der Waals surface area contributed by atoms with Gasteiger partial charge in [0.15, 0.2) is 0 Å². The minimum absolute atomic E-state index is 0.0855. The fourth-order valence-corrected chi connectivity index (χ4v) is 4.09. The van der Waals surface area contributed by atoms with Gasteiger partial charge >= 0.3 is 6.01 Å². The summed E-state index contributed by atoms with van der Waals surface area (Å²) in [6.45, 7) is 0. The van der Waals surface area contributed by atoms with Crippen LogP contribution in [0.3, 0.4) is 0 Å². The Morgan fingerprint density at radius 3 is 2.81 bits per heavy atom. The second-order valence-corrected chi connectivity index (χ2v) is 7.83. The maximum Gasteiger partial charge on any atom is 0.340 e. The van der Waals surface area contributed by atoms with Crippen LogP contribution in [-0.2, 0) is 11.2 Å². The highest BCUT2D eigenvalue weighted by Gasteiger charge is 2.12. The van der Waals surface area contributed by atoms with Crippen LogP contribution in [0.15, 0.2) is 46.6 Å². The number of hydrogen-bond acceptors (Lipinski definition) is 9. The van der Waals surface area contributed by atoms with Crippen LogP contribution in [0.4, 0.5) is 6.01 Å². The summed E-state index contributed by atoms with van der Waals surface area (Å²) in [6, 6.07) is 7.33. The number of carbonyl (C=O) groups excluding carboxylic acids is 1. The molecule has 2 N–H and O–H groups in total. The van der Waals surface area contributed by atoms with Crippen molar-refractivity contribution in [2.75, 3.05) is 5.43 Å². The number of rotatable bonds is 6. The van der Waals surface area contributed by atoms with E-state index < -0.39 is 0 Å². The van der Waals surface area contributed by atoms with Crippen LogP contribution in [0.5, 0.6) is 0 Å². The van der Waals surface area contributed by atoms with Gasteiger partial charge in [0, 0.05) is 23.3 Å². The number of hydrazine groups is 1. The molecule has 0 atom stereocenters. The van der Waals surface area contributed by atoms with Gasteiger partial charge in [-0.1, -0.05) is 16.8 Å². The predicted octanol–water partition coefficient (Wildman–Crippen LogP) is 3.66. The molecule has 136 valence electrons. The third-order valence-electron chi connectivity index (χ3n) is 3.35. The fourth-order valence-electron chi connectivity index (χ4n) is 2.15. The highest BCUT2D eigenvalue weighted by Crippen LogP contribution is 2.32. The Hall–Kier alpha value is -2.82. The van der Waals surface area contributed by atoms with Crippen molar-refractivity contribution < 1.29 is 9.32 Å². The van der Waals surface area contributed by atoms with E-state index in [0.29, 0.717) is 15.9 Å². The summed E-state index contributed by atoms with van der Waals surface area (Å²) in [7, 11) is 0. The molecule has 0 aliphatic carbocycles. The van der Waals surface area contributed by atoms with Crippen LogP contribution in [0.25, 0.3) is 21.3 Å². The summed E-state index contributed by atoms with van der Waals surface area (Å²) in [5, 5.41) is 6.52. The Labute approximate surface area is 166 Å². The van der Waals surface area contributed by atoms with Crippen LogP contribution < -0.4 is 10.9 Å². The lowest BCUT2D eigenvalue weighted by molar-refractivity contribution is -0.120. The van der Waals surface area contributed by atoms with E-state index in [1.807, 2.05) is 17.5 Å². The largest absolute Gasteiger partial charge is 0.340 e. The van der Waals surface area contributed by atoms with Crippen LogP contribution in [0.2, 0.25) is 4.34 Å². The molecule has 0 aromatic carbocycles. The highest BCUT2D eigenvalue weighted by molar-refractivity contribution is 7.23. The summed E-state index contributed by atoms with van der Waals surface area (Å²) in [6.07, 6.45) is 3.38. The minimum atomic E-state index is -0.278. The number of carbonyl (C=O) groups is 1. The summed E-state index contributed by atoms with van der Waals surface area (Å²) in [5.41, 5.74) is 6.54. The van der Waals surface area contributed by atoms with Crippen molar-refractivity contribution in [3.8, 4) is 21.3 Å². The number of hydrogen-bond donors (Lipinski definition) is 2. The summed E-state index contributed by atoms with van der Waals surface area (Å²) >= 11 is 8.86. The van der Waals surface area contributed by atoms with Crippen molar-refractivity contribution in [3.05, 3.63) is 52.1 Å². The van der Waals surface area contributed by atoms with Crippen molar-refractivity contribution in [1.29, 1.82) is 0 Å². The predicted molar refractivity (Wildman–Crippen MR) is 103 cm³/mol. The molecule has 0 saturated heterocycles. The van der Waals surface area contributed by atoms with Gasteiger partial charge in [0.05, 0.1) is 21.3 Å². The van der Waals surface area contributed by atoms with Crippen molar-refractivity contribution in [2.45, 2.75) is 6.42 Å². The van der Waals surface area contributed by atoms with Crippen molar-refractivity contribution in [3.63, 3.8) is 0 Å². The molecular weight excluding hydrogens is 408 g/mol. The second-order valence-electron chi connectivity index (χ2n) is 5.26. The highest BCUT2D eigenvalue weighted by atomic mass is 35.5. The maximum atomic E-state index is 12.1. The molecule has 8 nitrogen and oxygen atoms in total. The van der Waals surface area contributed by atoms with Gasteiger partial charge in [-0.15, -0.1) is 22.7 Å². The van der Waals surface area contributed by atoms with E-state index in [4.69, 9.17) is 16.1 Å². The zero-order chi connectivity index (χ0) is 18.6. The first kappa shape index (κ1) is 17.6. The average Bonchev–Trinajstić information content (AvgIpc) is 3.41. The molecule has 27 heavy (non-hydrogen) atoms. The average molecular weight is 419 g/mol. The van der Waals surface area contributed by atoms with Gasteiger partial charge in [-0.3, -0.25) is 15.2 Å². The van der Waals surface area contributed by atoms with Crippen LogP contribution >= 0.6 is 34.3 Å². The summed E-state index contributed by atoms with van der Waals surface area (Å²) < 4.78 is 5.76. The molecule has 0 unspecified atom stereocenters. The van der Waals surface area contributed by atoms with E-state index in [-0.39, 0.29) is 18.3 Å². The maximum absolute atomic E-state index is 12.1. The van der Waals surface area contributed by atoms with Crippen LogP contribution in [0.1, 0.15) is 5.69 Å². The van der Waals surface area contributed by atoms with Crippen molar-refractivity contribution in [1.82, 2.24) is 25.5 Å². The molecule has 0 radical (unpaired) electrons. The van der Waals surface area contributed by atoms with Crippen molar-refractivity contribution in [2.24, 2.45) is 0 Å². The van der Waals surface area contributed by atoms with Crippen molar-refractivity contribution >= 4 is 46.2 Å². The molecule has 4 aromatic heterocycles. The molecule has 0 aliphatic heterocycles. The molecule has 4 aromatic rings. The topological polar surface area (TPSA) is 106 Å². The number of nitrogens with one attached hydrogen (secondary N) is 2. The van der Waals surface area contributed by atoms with E-state index in [1.54, 1.807) is 24.5 Å². The number of halogens is 1. The van der Waals surface area contributed by atoms with Gasteiger partial charge < -0.3 is 4.52 Å². The van der Waals surface area contributed by atoms with E-state index in [1.165, 1.54) is 22.7 Å². The zero-order valence-electron chi connectivity index (χ0n) is 13.5. The molecular formula is C16H11ClN6O2S2. The molecule has 0 spiro atoms. The quantitative estimate of drug-likeness (QED) is 0.460. The Bertz CT molecular complexity index is 1060. The number of anilines is 1. The molecule has 1 amide bonds. The molecule has 11 heteroatoms. The third-order valence-corrected chi connectivity index (χ3v) is 5.64. The summed E-state index contributed by atoms with van der Waals surface area (Å²) in [4.78, 5) is 25.6. The van der Waals surface area contributed by atoms with Gasteiger partial charge in [-0.2, -0.15) is 4.98 Å². The second kappa shape index (κ2) is 7.82. The number of thiazole rings is 1.